The molecule has 0 aliphatic carbocycles. The van der Waals surface area contributed by atoms with Crippen LogP contribution in [-0.2, 0) is 16.0 Å². The highest BCUT2D eigenvalue weighted by Gasteiger charge is 2.27. The molecule has 3 heterocycles. The van der Waals surface area contributed by atoms with Crippen molar-refractivity contribution in [3.05, 3.63) is 65.9 Å². The summed E-state index contributed by atoms with van der Waals surface area (Å²) >= 11 is 0. The van der Waals surface area contributed by atoms with E-state index in [1.807, 2.05) is 29.2 Å². The van der Waals surface area contributed by atoms with Gasteiger partial charge in [0.2, 0.25) is 5.91 Å². The van der Waals surface area contributed by atoms with Crippen LogP contribution in [0.2, 0.25) is 0 Å². The molecule has 0 radical (unpaired) electrons. The summed E-state index contributed by atoms with van der Waals surface area (Å²) < 4.78 is 5.48. The van der Waals surface area contributed by atoms with Gasteiger partial charge in [-0.2, -0.15) is 0 Å². The molecule has 0 atom stereocenters. The number of hydrogen-bond donors (Lipinski definition) is 1. The fourth-order valence-electron chi connectivity index (χ4n) is 4.68. The molecule has 6 nitrogen and oxygen atoms in total. The lowest BCUT2D eigenvalue weighted by molar-refractivity contribution is -0.130. The number of aromatic nitrogens is 1. The highest BCUT2D eigenvalue weighted by Crippen LogP contribution is 2.33. The van der Waals surface area contributed by atoms with E-state index in [9.17, 15) is 9.59 Å². The van der Waals surface area contributed by atoms with Crippen LogP contribution < -0.4 is 9.64 Å². The zero-order valence-electron chi connectivity index (χ0n) is 18.3. The average molecular weight is 430 g/mol. The van der Waals surface area contributed by atoms with Gasteiger partial charge in [0.15, 0.2) is 6.61 Å². The highest BCUT2D eigenvalue weighted by atomic mass is 16.5. The Hall–Kier alpha value is -3.54. The van der Waals surface area contributed by atoms with Gasteiger partial charge in [0, 0.05) is 48.7 Å². The summed E-state index contributed by atoms with van der Waals surface area (Å²) in [6, 6.07) is 13.9. The summed E-state index contributed by atoms with van der Waals surface area (Å²) in [6.45, 7) is 3.85. The fourth-order valence-corrected chi connectivity index (χ4v) is 4.68. The molecule has 3 aromatic rings. The molecule has 2 aliphatic rings. The second-order valence-corrected chi connectivity index (χ2v) is 8.27. The van der Waals surface area contributed by atoms with Gasteiger partial charge in [-0.25, -0.2) is 0 Å². The van der Waals surface area contributed by atoms with Crippen molar-refractivity contribution >= 4 is 34.0 Å². The number of aryl methyl sites for hydroxylation is 1. The molecule has 0 saturated carbocycles. The molecule has 2 aromatic carbocycles. The Kier molecular flexibility index (Phi) is 5.43. The summed E-state index contributed by atoms with van der Waals surface area (Å²) in [4.78, 5) is 32.2. The van der Waals surface area contributed by atoms with Crippen molar-refractivity contribution in [2.24, 2.45) is 0 Å². The number of ether oxygens (including phenoxy) is 1. The number of nitrogens with zero attached hydrogens (tertiary/aromatic N) is 2. The van der Waals surface area contributed by atoms with Crippen LogP contribution >= 0.6 is 0 Å². The third-order valence-electron chi connectivity index (χ3n) is 6.45. The minimum Gasteiger partial charge on any atom is -0.482 e. The molecule has 0 saturated heterocycles. The summed E-state index contributed by atoms with van der Waals surface area (Å²) in [5.41, 5.74) is 5.79. The average Bonchev–Trinajstić information content (AvgIpc) is 3.28. The lowest BCUT2D eigenvalue weighted by atomic mass is 9.97. The van der Waals surface area contributed by atoms with Gasteiger partial charge in [0.1, 0.15) is 5.75 Å². The Bertz CT molecular complexity index is 1210. The van der Waals surface area contributed by atoms with E-state index in [-0.39, 0.29) is 18.4 Å². The minimum atomic E-state index is -0.108. The molecule has 0 unspecified atom stereocenters. The fraction of sp³-hybridized carbons (Fsp3) is 0.308. The first-order valence-corrected chi connectivity index (χ1v) is 11.2. The van der Waals surface area contributed by atoms with E-state index < -0.39 is 0 Å². The van der Waals surface area contributed by atoms with Crippen LogP contribution in [-0.4, -0.2) is 47.9 Å². The van der Waals surface area contributed by atoms with Crippen LogP contribution in [0.1, 0.15) is 30.9 Å². The number of hydrogen-bond acceptors (Lipinski definition) is 3. The van der Waals surface area contributed by atoms with E-state index in [1.54, 1.807) is 4.90 Å². The number of amides is 2. The van der Waals surface area contributed by atoms with Gasteiger partial charge in [-0.05, 0) is 36.1 Å². The number of carbonyl (C=O) groups is 2. The van der Waals surface area contributed by atoms with E-state index in [2.05, 4.69) is 42.4 Å². The first kappa shape index (κ1) is 20.4. The van der Waals surface area contributed by atoms with Gasteiger partial charge in [-0.3, -0.25) is 9.59 Å². The molecule has 164 valence electrons. The van der Waals surface area contributed by atoms with E-state index in [4.69, 9.17) is 4.74 Å². The van der Waals surface area contributed by atoms with Crippen molar-refractivity contribution < 1.29 is 14.3 Å². The predicted molar refractivity (Wildman–Crippen MR) is 126 cm³/mol. The second kappa shape index (κ2) is 8.54. The topological polar surface area (TPSA) is 65.6 Å². The van der Waals surface area contributed by atoms with Crippen LogP contribution in [0.4, 0.5) is 5.69 Å². The number of para-hydroxylation sites is 3. The van der Waals surface area contributed by atoms with Gasteiger partial charge in [0.25, 0.3) is 5.91 Å². The molecule has 5 rings (SSSR count). The molecule has 6 heteroatoms. The maximum Gasteiger partial charge on any atom is 0.265 e. The number of anilines is 1. The predicted octanol–water partition coefficient (Wildman–Crippen LogP) is 4.16. The molecule has 32 heavy (non-hydrogen) atoms. The number of aromatic amines is 1. The first-order chi connectivity index (χ1) is 15.7. The third kappa shape index (κ3) is 3.66. The van der Waals surface area contributed by atoms with E-state index in [0.29, 0.717) is 31.8 Å². The Morgan fingerprint density at radius 2 is 2.03 bits per heavy atom. The van der Waals surface area contributed by atoms with Gasteiger partial charge < -0.3 is 19.5 Å². The van der Waals surface area contributed by atoms with E-state index >= 15 is 0 Å². The SMILES string of the molecule is CCc1cccc2c(C3=CCN(C(=O)CCN4C(=O)COc5ccccc54)CC3)c[nH]c12. The van der Waals surface area contributed by atoms with Crippen LogP contribution in [0.15, 0.2) is 54.7 Å². The van der Waals surface area contributed by atoms with Gasteiger partial charge in [0.05, 0.1) is 5.69 Å². The van der Waals surface area contributed by atoms with E-state index in [1.165, 1.54) is 27.6 Å². The standard InChI is InChI=1S/C26H27N3O3/c1-2-18-6-5-7-20-21(16-27-26(18)20)19-10-13-28(14-11-19)24(30)12-15-29-22-8-3-4-9-23(22)32-17-25(29)31/h3-10,16,27H,2,11-15,17H2,1H3. The first-order valence-electron chi connectivity index (χ1n) is 11.2. The minimum absolute atomic E-state index is 0.0192. The van der Waals surface area contributed by atoms with E-state index in [0.717, 1.165) is 18.5 Å². The Labute approximate surface area is 187 Å². The summed E-state index contributed by atoms with van der Waals surface area (Å²) in [7, 11) is 0. The molecular formula is C26H27N3O3. The number of H-pyrrole nitrogens is 1. The number of carbonyl (C=O) groups excluding carboxylic acids is 2. The molecule has 0 spiro atoms. The maximum atomic E-state index is 12.9. The number of rotatable bonds is 5. The van der Waals surface area contributed by atoms with Gasteiger partial charge >= 0.3 is 0 Å². The summed E-state index contributed by atoms with van der Waals surface area (Å²) in [5.74, 6) is 0.655. The third-order valence-corrected chi connectivity index (χ3v) is 6.45. The zero-order valence-corrected chi connectivity index (χ0v) is 18.3. The maximum absolute atomic E-state index is 12.9. The largest absolute Gasteiger partial charge is 0.482 e. The second-order valence-electron chi connectivity index (χ2n) is 8.27. The van der Waals surface area contributed by atoms with Crippen LogP contribution in [0.25, 0.3) is 16.5 Å². The molecule has 2 amide bonds. The molecule has 1 aromatic heterocycles. The lowest BCUT2D eigenvalue weighted by Gasteiger charge is -2.31. The van der Waals surface area contributed by atoms with Crippen molar-refractivity contribution in [1.29, 1.82) is 0 Å². The van der Waals surface area contributed by atoms with Crippen LogP contribution in [0.3, 0.4) is 0 Å². The number of nitrogens with one attached hydrogen (secondary N) is 1. The van der Waals surface area contributed by atoms with Crippen molar-refractivity contribution in [2.45, 2.75) is 26.2 Å². The van der Waals surface area contributed by atoms with Crippen molar-refractivity contribution in [1.82, 2.24) is 9.88 Å². The normalized spacial score (nSPS) is 16.0. The van der Waals surface area contributed by atoms with Gasteiger partial charge in [-0.15, -0.1) is 0 Å². The Balaban J connectivity index is 1.25. The summed E-state index contributed by atoms with van der Waals surface area (Å²) in [6.07, 6.45) is 6.38. The summed E-state index contributed by atoms with van der Waals surface area (Å²) in [5, 5.41) is 1.25. The lowest BCUT2D eigenvalue weighted by Crippen LogP contribution is -2.42. The quantitative estimate of drug-likeness (QED) is 0.662. The molecule has 1 N–H and O–H groups in total. The van der Waals surface area contributed by atoms with Crippen LogP contribution in [0, 0.1) is 0 Å². The highest BCUT2D eigenvalue weighted by molar-refractivity contribution is 5.98. The molecular weight excluding hydrogens is 402 g/mol. The smallest absolute Gasteiger partial charge is 0.265 e. The van der Waals surface area contributed by atoms with Gasteiger partial charge in [-0.1, -0.05) is 43.3 Å². The molecule has 0 bridgehead atoms. The monoisotopic (exact) mass is 429 g/mol. The Morgan fingerprint density at radius 1 is 1.16 bits per heavy atom. The van der Waals surface area contributed by atoms with Crippen molar-refractivity contribution in [3.63, 3.8) is 0 Å². The molecule has 2 aliphatic heterocycles. The van der Waals surface area contributed by atoms with Crippen LogP contribution in [0.5, 0.6) is 5.75 Å². The Morgan fingerprint density at radius 3 is 2.84 bits per heavy atom. The van der Waals surface area contributed by atoms with Crippen molar-refractivity contribution in [2.75, 3.05) is 31.1 Å². The zero-order chi connectivity index (χ0) is 22.1. The number of benzene rings is 2. The number of fused-ring (bicyclic) bond motifs is 2. The molecule has 0 fully saturated rings. The van der Waals surface area contributed by atoms with Crippen molar-refractivity contribution in [3.8, 4) is 5.75 Å².